The van der Waals surface area contributed by atoms with Crippen molar-refractivity contribution >= 4 is 88.4 Å². The molecule has 4 atom stereocenters. The van der Waals surface area contributed by atoms with Crippen molar-refractivity contribution in [3.05, 3.63) is 0 Å². The molecule has 0 aliphatic rings. The van der Waals surface area contributed by atoms with Gasteiger partial charge in [-0.15, -0.1) is 0 Å². The lowest BCUT2D eigenvalue weighted by Gasteiger charge is -2.22. The number of carbonyl (C=O) groups is 15. The SMILES string of the molecule is CC(C)(N)C(=O)C[C@@H](CCCCNC(=O)COCCOCCCC(=O)COCCOCCNC(=O)CC[C@H](NC(=O)CCCCCCCCCCCCC(=O)O)C(=O)O)C(=O)C[C@@H](CCCCNC(=O)COCCOCCNC(=O)COCCOCCCC(=O)CC[C@H](NC(=O)CCCCCCCCCCCCC(=O)O)C(=O)O)C(=O)O. The molecule has 0 rings (SSSR count). The average Bonchev–Trinajstić information content (AvgIpc) is 0.870. The minimum absolute atomic E-state index is 0.00134. The minimum Gasteiger partial charge on any atom is -0.481 e. The summed E-state index contributed by atoms with van der Waals surface area (Å²) < 4.78 is 43.3. The topological polar surface area (TPSA) is 529 Å². The molecule has 117 heavy (non-hydrogen) atoms. The van der Waals surface area contributed by atoms with Crippen LogP contribution in [-0.4, -0.2) is 263 Å². The van der Waals surface area contributed by atoms with E-state index in [2.05, 4.69) is 31.9 Å². The Morgan fingerprint density at radius 1 is 0.282 bits per heavy atom. The third-order valence-corrected chi connectivity index (χ3v) is 18.8. The Balaban J connectivity index is 4.13. The number of unbranched alkanes of at least 4 members (excludes halogenated alkanes) is 20. The van der Waals surface area contributed by atoms with Gasteiger partial charge in [0.25, 0.3) is 0 Å². The van der Waals surface area contributed by atoms with Gasteiger partial charge in [-0.2, -0.15) is 0 Å². The second-order valence-corrected chi connectivity index (χ2v) is 29.9. The Bertz CT molecular complexity index is 2790. The van der Waals surface area contributed by atoms with E-state index in [-0.39, 0.29) is 274 Å². The number of amides is 6. The number of nitrogens with two attached hydrogens (primary N) is 1. The van der Waals surface area contributed by atoms with Gasteiger partial charge in [0.1, 0.15) is 50.1 Å². The van der Waals surface area contributed by atoms with Crippen LogP contribution >= 0.6 is 0 Å². The Kier molecular flexibility index (Phi) is 70.0. The molecule has 674 valence electrons. The van der Waals surface area contributed by atoms with Crippen LogP contribution in [0.25, 0.3) is 0 Å². The second-order valence-electron chi connectivity index (χ2n) is 29.9. The maximum absolute atomic E-state index is 13.6. The lowest BCUT2D eigenvalue weighted by molar-refractivity contribution is -0.145. The third kappa shape index (κ3) is 72.3. The highest BCUT2D eigenvalue weighted by Gasteiger charge is 2.32. The van der Waals surface area contributed by atoms with Gasteiger partial charge in [-0.25, -0.2) is 9.59 Å². The molecule has 0 spiro atoms. The predicted molar refractivity (Wildman–Crippen MR) is 431 cm³/mol. The van der Waals surface area contributed by atoms with Gasteiger partial charge >= 0.3 is 29.8 Å². The van der Waals surface area contributed by atoms with Gasteiger partial charge in [-0.05, 0) is 90.9 Å². The molecule has 0 bridgehead atoms. The fourth-order valence-electron chi connectivity index (χ4n) is 11.9. The first kappa shape index (κ1) is 109. The van der Waals surface area contributed by atoms with Crippen LogP contribution in [0.5, 0.6) is 0 Å². The highest BCUT2D eigenvalue weighted by Crippen LogP contribution is 2.24. The largest absolute Gasteiger partial charge is 0.481 e. The van der Waals surface area contributed by atoms with Gasteiger partial charge in [0.2, 0.25) is 35.4 Å². The van der Waals surface area contributed by atoms with Crippen molar-refractivity contribution in [1.29, 1.82) is 0 Å². The summed E-state index contributed by atoms with van der Waals surface area (Å²) in [5, 5.41) is 62.3. The summed E-state index contributed by atoms with van der Waals surface area (Å²) in [5.74, 6) is -10.2. The zero-order valence-corrected chi connectivity index (χ0v) is 69.9. The fourth-order valence-corrected chi connectivity index (χ4v) is 11.9. The number of carbonyl (C=O) groups excluding carboxylic acids is 10. The number of hydrogen-bond donors (Lipinski definition) is 12. The van der Waals surface area contributed by atoms with Crippen LogP contribution in [0.15, 0.2) is 0 Å². The molecule has 0 saturated carbocycles. The molecule has 0 saturated heterocycles. The summed E-state index contributed by atoms with van der Waals surface area (Å²) in [6, 6.07) is -2.34. The number of ether oxygens (including phenoxy) is 8. The van der Waals surface area contributed by atoms with E-state index in [4.69, 9.17) is 53.8 Å². The van der Waals surface area contributed by atoms with E-state index < -0.39 is 65.2 Å². The van der Waals surface area contributed by atoms with Crippen LogP contribution in [0.2, 0.25) is 0 Å². The van der Waals surface area contributed by atoms with Crippen molar-refractivity contribution in [1.82, 2.24) is 31.9 Å². The van der Waals surface area contributed by atoms with Crippen molar-refractivity contribution in [2.24, 2.45) is 17.6 Å². The molecule has 6 amide bonds. The Hall–Kier alpha value is -7.51. The molecular weight excluding hydrogens is 1530 g/mol. The Morgan fingerprint density at radius 2 is 0.615 bits per heavy atom. The number of aliphatic carboxylic acids is 5. The minimum atomic E-state index is -1.22. The number of carboxylic acid groups (broad SMARTS) is 5. The molecule has 0 aromatic carbocycles. The number of ketones is 4. The first-order chi connectivity index (χ1) is 56.1. The third-order valence-electron chi connectivity index (χ3n) is 18.8. The molecule has 0 aliphatic carbocycles. The van der Waals surface area contributed by atoms with Crippen LogP contribution in [0.3, 0.4) is 0 Å². The highest BCUT2D eigenvalue weighted by molar-refractivity contribution is 5.93. The van der Waals surface area contributed by atoms with Gasteiger partial charge in [0, 0.05) is 110 Å². The molecule has 0 aromatic rings. The van der Waals surface area contributed by atoms with E-state index in [1.165, 1.54) is 13.8 Å². The van der Waals surface area contributed by atoms with Crippen LogP contribution < -0.4 is 37.6 Å². The van der Waals surface area contributed by atoms with Crippen molar-refractivity contribution in [3.8, 4) is 0 Å². The number of hydrogen-bond acceptors (Lipinski definition) is 24. The maximum Gasteiger partial charge on any atom is 0.326 e. The zero-order valence-electron chi connectivity index (χ0n) is 69.9. The van der Waals surface area contributed by atoms with Gasteiger partial charge in [0.15, 0.2) is 11.6 Å². The fraction of sp³-hybridized carbons (Fsp3) is 0.817. The molecule has 13 N–H and O–H groups in total. The van der Waals surface area contributed by atoms with E-state index in [9.17, 15) is 87.2 Å². The molecule has 35 nitrogen and oxygen atoms in total. The van der Waals surface area contributed by atoms with E-state index >= 15 is 0 Å². The van der Waals surface area contributed by atoms with E-state index in [1.807, 2.05) is 0 Å². The summed E-state index contributed by atoms with van der Waals surface area (Å²) in [4.78, 5) is 182. The standard InChI is InChI=1S/C82H143N7O28/c1-82(2,83)70(93)58-63(29-23-25-41-84-74(97)60-115-54-50-111-46-28-32-66(91)59-114-53-51-112-47-43-86-71(94)40-39-68(81(108)109)89-73(96)34-20-16-12-8-4-6-10-14-18-22-36-78(102)103)69(92)57-64(79(104)105)30-24-26-42-85-75(98)61-117-56-52-113-48-44-87-76(99)62-116-55-49-110-45-27-31-65(90)37-38-67(80(106)107)88-72(95)33-19-15-11-7-3-5-9-13-17-21-35-77(100)101/h63-64,67-68H,3-62,83H2,1-2H3,(H,84,97)(H,85,98)(H,86,94)(H,87,99)(H,88,95)(H,89,96)(H,100,101)(H,102,103)(H,104,105)(H,106,107)(H,108,109)/t63-,64-,67+,68+/m1/s1. The average molecular weight is 1680 g/mol. The summed E-state index contributed by atoms with van der Waals surface area (Å²) in [7, 11) is 0. The Morgan fingerprint density at radius 3 is 1.00 bits per heavy atom. The van der Waals surface area contributed by atoms with Gasteiger partial charge in [0.05, 0.1) is 77.5 Å². The molecule has 0 aromatic heterocycles. The van der Waals surface area contributed by atoms with E-state index in [0.717, 1.165) is 103 Å². The normalized spacial score (nSPS) is 12.4. The molecule has 0 unspecified atom stereocenters. The van der Waals surface area contributed by atoms with Crippen LogP contribution in [-0.2, 0) is 110 Å². The van der Waals surface area contributed by atoms with Crippen molar-refractivity contribution in [2.75, 3.05) is 132 Å². The van der Waals surface area contributed by atoms with Gasteiger partial charge in [-0.3, -0.25) is 62.3 Å². The maximum atomic E-state index is 13.6. The van der Waals surface area contributed by atoms with Crippen LogP contribution in [0, 0.1) is 11.8 Å². The monoisotopic (exact) mass is 1670 g/mol. The van der Waals surface area contributed by atoms with E-state index in [1.54, 1.807) is 0 Å². The van der Waals surface area contributed by atoms with Crippen molar-refractivity contribution < 1.29 is 135 Å². The summed E-state index contributed by atoms with van der Waals surface area (Å²) in [6.07, 6.45) is 22.4. The number of carboxylic acids is 5. The smallest absolute Gasteiger partial charge is 0.326 e. The van der Waals surface area contributed by atoms with Gasteiger partial charge in [-0.1, -0.05) is 116 Å². The first-order valence-electron chi connectivity index (χ1n) is 42.4. The van der Waals surface area contributed by atoms with Crippen molar-refractivity contribution in [3.63, 3.8) is 0 Å². The summed E-state index contributed by atoms with van der Waals surface area (Å²) in [5.41, 5.74) is 4.83. The molecule has 0 radical (unpaired) electrons. The first-order valence-corrected chi connectivity index (χ1v) is 42.4. The second kappa shape index (κ2) is 74.8. The summed E-state index contributed by atoms with van der Waals surface area (Å²) in [6.45, 7) is 5.16. The zero-order chi connectivity index (χ0) is 86.8. The number of Topliss-reactive ketones (excluding diaryl/α,β-unsaturated/α-hetero) is 4. The molecule has 35 heteroatoms. The van der Waals surface area contributed by atoms with Crippen LogP contribution in [0.4, 0.5) is 0 Å². The quantitative estimate of drug-likeness (QED) is 0.0278. The van der Waals surface area contributed by atoms with Crippen molar-refractivity contribution in [2.45, 2.75) is 288 Å². The highest BCUT2D eigenvalue weighted by atomic mass is 16.5. The molecular formula is C82H143N7O28. The Labute approximate surface area is 690 Å². The molecule has 0 heterocycles. The molecule has 0 fully saturated rings. The predicted octanol–water partition coefficient (Wildman–Crippen LogP) is 6.83. The number of nitrogens with one attached hydrogen (secondary N) is 6. The lowest BCUT2D eigenvalue weighted by atomic mass is 9.83. The lowest BCUT2D eigenvalue weighted by Crippen LogP contribution is -2.43. The number of rotatable bonds is 87. The summed E-state index contributed by atoms with van der Waals surface area (Å²) >= 11 is 0. The van der Waals surface area contributed by atoms with E-state index in [0.29, 0.717) is 64.2 Å². The van der Waals surface area contributed by atoms with Crippen LogP contribution in [0.1, 0.15) is 271 Å². The molecule has 0 aliphatic heterocycles. The van der Waals surface area contributed by atoms with Gasteiger partial charge < -0.3 is 101 Å².